The van der Waals surface area contributed by atoms with E-state index in [1.165, 1.54) is 6.07 Å². The highest BCUT2D eigenvalue weighted by molar-refractivity contribution is 5.70. The molecule has 1 aliphatic rings. The van der Waals surface area contributed by atoms with Crippen LogP contribution in [0.2, 0.25) is 0 Å². The van der Waals surface area contributed by atoms with Crippen LogP contribution in [0, 0.1) is 5.92 Å². The maximum absolute atomic E-state index is 13.5. The Morgan fingerprint density at radius 2 is 1.85 bits per heavy atom. The molecule has 1 aliphatic carbocycles. The second kappa shape index (κ2) is 5.77. The summed E-state index contributed by atoms with van der Waals surface area (Å²) in [6.07, 6.45) is 2.58. The van der Waals surface area contributed by atoms with Gasteiger partial charge < -0.3 is 10.4 Å². The van der Waals surface area contributed by atoms with Crippen molar-refractivity contribution >= 4 is 11.7 Å². The molecule has 0 aliphatic heterocycles. The summed E-state index contributed by atoms with van der Waals surface area (Å²) in [6, 6.07) is 6.45. The Kier molecular flexibility index (Phi) is 4.26. The molecule has 0 saturated heterocycles. The Morgan fingerprint density at radius 1 is 1.25 bits per heavy atom. The number of carbonyl (C=O) groups is 1. The van der Waals surface area contributed by atoms with Crippen LogP contribution >= 0.6 is 0 Å². The number of carboxylic acid groups (broad SMARTS) is 1. The zero-order valence-electron chi connectivity index (χ0n) is 11.4. The van der Waals surface area contributed by atoms with Gasteiger partial charge in [0, 0.05) is 24.2 Å². The highest BCUT2D eigenvalue weighted by Crippen LogP contribution is 2.34. The molecule has 0 spiro atoms. The monoisotopic (exact) mass is 283 g/mol. The molecule has 0 bridgehead atoms. The predicted octanol–water partition coefficient (Wildman–Crippen LogP) is 3.85. The van der Waals surface area contributed by atoms with Crippen LogP contribution in [-0.4, -0.2) is 17.1 Å². The average molecular weight is 283 g/mol. The van der Waals surface area contributed by atoms with Crippen molar-refractivity contribution < 1.29 is 18.7 Å². The van der Waals surface area contributed by atoms with E-state index < -0.39 is 11.9 Å². The molecule has 1 aromatic rings. The van der Waals surface area contributed by atoms with Gasteiger partial charge in [0.25, 0.3) is 5.92 Å². The summed E-state index contributed by atoms with van der Waals surface area (Å²) in [7, 11) is 0. The van der Waals surface area contributed by atoms with E-state index in [-0.39, 0.29) is 17.5 Å². The van der Waals surface area contributed by atoms with Crippen LogP contribution in [0.4, 0.5) is 14.5 Å². The molecule has 110 valence electrons. The molecule has 1 saturated carbocycles. The lowest BCUT2D eigenvalue weighted by Gasteiger charge is -2.29. The molecule has 0 aromatic heterocycles. The molecular weight excluding hydrogens is 264 g/mol. The first kappa shape index (κ1) is 14.8. The fourth-order valence-electron chi connectivity index (χ4n) is 2.70. The number of hydrogen-bond acceptors (Lipinski definition) is 2. The fourth-order valence-corrected chi connectivity index (χ4v) is 2.70. The second-order valence-corrected chi connectivity index (χ2v) is 5.47. The van der Waals surface area contributed by atoms with Gasteiger partial charge in [-0.05, 0) is 31.7 Å². The predicted molar refractivity (Wildman–Crippen MR) is 73.0 cm³/mol. The van der Waals surface area contributed by atoms with Crippen LogP contribution in [0.1, 0.15) is 38.2 Å². The van der Waals surface area contributed by atoms with Crippen molar-refractivity contribution in [1.82, 2.24) is 0 Å². The first-order chi connectivity index (χ1) is 9.38. The number of aliphatic carboxylic acids is 1. The Hall–Kier alpha value is -1.65. The molecule has 2 N–H and O–H groups in total. The van der Waals surface area contributed by atoms with Crippen LogP contribution in [0.25, 0.3) is 0 Å². The SMILES string of the molecule is CC(F)(F)c1ccccc1NC1CCC(C(=O)O)CC1. The van der Waals surface area contributed by atoms with Gasteiger partial charge in [0.2, 0.25) is 0 Å². The number of alkyl halides is 2. The molecule has 20 heavy (non-hydrogen) atoms. The molecule has 1 aromatic carbocycles. The van der Waals surface area contributed by atoms with Crippen molar-refractivity contribution in [1.29, 1.82) is 0 Å². The molecule has 1 fully saturated rings. The molecule has 0 unspecified atom stereocenters. The largest absolute Gasteiger partial charge is 0.481 e. The summed E-state index contributed by atoms with van der Waals surface area (Å²) in [5.74, 6) is -3.94. The van der Waals surface area contributed by atoms with E-state index in [1.54, 1.807) is 18.2 Å². The van der Waals surface area contributed by atoms with Gasteiger partial charge in [-0.25, -0.2) is 8.78 Å². The standard InChI is InChI=1S/C15H19F2NO2/c1-15(16,17)12-4-2-3-5-13(12)18-11-8-6-10(7-9-11)14(19)20/h2-5,10-11,18H,6-9H2,1H3,(H,19,20). The second-order valence-electron chi connectivity index (χ2n) is 5.47. The third kappa shape index (κ3) is 3.46. The van der Waals surface area contributed by atoms with Gasteiger partial charge in [-0.2, -0.15) is 0 Å². The van der Waals surface area contributed by atoms with E-state index in [1.807, 2.05) is 0 Å². The molecule has 0 atom stereocenters. The first-order valence-electron chi connectivity index (χ1n) is 6.84. The van der Waals surface area contributed by atoms with Crippen molar-refractivity contribution in [2.24, 2.45) is 5.92 Å². The van der Waals surface area contributed by atoms with Gasteiger partial charge in [0.15, 0.2) is 0 Å². The summed E-state index contributed by atoms with van der Waals surface area (Å²) >= 11 is 0. The molecule has 0 amide bonds. The normalized spacial score (nSPS) is 23.4. The third-order valence-electron chi connectivity index (χ3n) is 3.84. The quantitative estimate of drug-likeness (QED) is 0.882. The summed E-state index contributed by atoms with van der Waals surface area (Å²) < 4.78 is 27.0. The number of halogens is 2. The van der Waals surface area contributed by atoms with Crippen molar-refractivity contribution in [2.75, 3.05) is 5.32 Å². The summed E-state index contributed by atoms with van der Waals surface area (Å²) in [5.41, 5.74) is 0.430. The maximum atomic E-state index is 13.5. The topological polar surface area (TPSA) is 49.3 Å². The lowest BCUT2D eigenvalue weighted by molar-refractivity contribution is -0.142. The molecular formula is C15H19F2NO2. The summed E-state index contributed by atoms with van der Waals surface area (Å²) in [4.78, 5) is 10.9. The first-order valence-corrected chi connectivity index (χ1v) is 6.84. The molecule has 3 nitrogen and oxygen atoms in total. The van der Waals surface area contributed by atoms with Gasteiger partial charge in [0.05, 0.1) is 5.92 Å². The minimum Gasteiger partial charge on any atom is -0.481 e. The van der Waals surface area contributed by atoms with Gasteiger partial charge in [-0.1, -0.05) is 18.2 Å². The maximum Gasteiger partial charge on any atom is 0.306 e. The molecule has 2 rings (SSSR count). The Bertz CT molecular complexity index is 477. The minimum absolute atomic E-state index is 0.0136. The highest BCUT2D eigenvalue weighted by atomic mass is 19.3. The van der Waals surface area contributed by atoms with Gasteiger partial charge >= 0.3 is 5.97 Å². The van der Waals surface area contributed by atoms with Crippen LogP contribution < -0.4 is 5.32 Å². The van der Waals surface area contributed by atoms with Crippen molar-refractivity contribution in [3.63, 3.8) is 0 Å². The third-order valence-corrected chi connectivity index (χ3v) is 3.84. The highest BCUT2D eigenvalue weighted by Gasteiger charge is 2.30. The number of anilines is 1. The van der Waals surface area contributed by atoms with Gasteiger partial charge in [-0.15, -0.1) is 0 Å². The summed E-state index contributed by atoms with van der Waals surface area (Å²) in [6.45, 7) is 0.884. The van der Waals surface area contributed by atoms with Crippen molar-refractivity contribution in [3.05, 3.63) is 29.8 Å². The minimum atomic E-state index is -2.89. The number of nitrogens with one attached hydrogen (secondary N) is 1. The van der Waals surface area contributed by atoms with E-state index in [0.717, 1.165) is 6.92 Å². The molecule has 0 radical (unpaired) electrons. The van der Waals surface area contributed by atoms with E-state index in [0.29, 0.717) is 31.4 Å². The average Bonchev–Trinajstić information content (AvgIpc) is 2.38. The fraction of sp³-hybridized carbons (Fsp3) is 0.533. The van der Waals surface area contributed by atoms with Crippen molar-refractivity contribution in [2.45, 2.75) is 44.6 Å². The zero-order chi connectivity index (χ0) is 14.8. The Balaban J connectivity index is 2.03. The van der Waals surface area contributed by atoms with Crippen LogP contribution in [0.15, 0.2) is 24.3 Å². The lowest BCUT2D eigenvalue weighted by Crippen LogP contribution is -2.30. The van der Waals surface area contributed by atoms with Crippen molar-refractivity contribution in [3.8, 4) is 0 Å². The molecule has 0 heterocycles. The number of para-hydroxylation sites is 1. The van der Waals surface area contributed by atoms with Gasteiger partial charge in [-0.3, -0.25) is 4.79 Å². The number of benzene rings is 1. The van der Waals surface area contributed by atoms with Crippen LogP contribution in [0.5, 0.6) is 0 Å². The number of hydrogen-bond donors (Lipinski definition) is 2. The lowest BCUT2D eigenvalue weighted by atomic mass is 9.86. The Morgan fingerprint density at radius 3 is 2.40 bits per heavy atom. The molecule has 5 heteroatoms. The zero-order valence-corrected chi connectivity index (χ0v) is 11.4. The number of rotatable bonds is 4. The van der Waals surface area contributed by atoms with Crippen LogP contribution in [-0.2, 0) is 10.7 Å². The van der Waals surface area contributed by atoms with E-state index in [2.05, 4.69) is 5.32 Å². The van der Waals surface area contributed by atoms with Crippen LogP contribution in [0.3, 0.4) is 0 Å². The van der Waals surface area contributed by atoms with Gasteiger partial charge in [0.1, 0.15) is 0 Å². The van der Waals surface area contributed by atoms with E-state index in [4.69, 9.17) is 5.11 Å². The number of carboxylic acids is 1. The Labute approximate surface area is 117 Å². The van der Waals surface area contributed by atoms with E-state index >= 15 is 0 Å². The smallest absolute Gasteiger partial charge is 0.306 e. The van der Waals surface area contributed by atoms with E-state index in [9.17, 15) is 13.6 Å². The summed E-state index contributed by atoms with van der Waals surface area (Å²) in [5, 5.41) is 12.1.